The highest BCUT2D eigenvalue weighted by Crippen LogP contribution is 2.30. The first kappa shape index (κ1) is 21.0. The number of anilines is 1. The fourth-order valence-electron chi connectivity index (χ4n) is 2.83. The van der Waals surface area contributed by atoms with Crippen LogP contribution in [0.3, 0.4) is 0 Å². The fraction of sp³-hybridized carbons (Fsp3) is 0.250. The molecule has 2 amide bonds. The van der Waals surface area contributed by atoms with Crippen LogP contribution >= 0.6 is 0 Å². The van der Waals surface area contributed by atoms with E-state index in [2.05, 4.69) is 16.4 Å². The normalized spacial score (nSPS) is 11.4. The van der Waals surface area contributed by atoms with E-state index in [0.717, 1.165) is 0 Å². The largest absolute Gasteiger partial charge is 0.491 e. The number of hydrogen-bond acceptors (Lipinski definition) is 4. The van der Waals surface area contributed by atoms with Crippen LogP contribution < -0.4 is 15.4 Å². The first-order valence-electron chi connectivity index (χ1n) is 8.96. The Morgan fingerprint density at radius 2 is 2.10 bits per heavy atom. The number of pyridine rings is 1. The first-order chi connectivity index (χ1) is 14.2. The number of aromatic nitrogens is 2. The van der Waals surface area contributed by atoms with Crippen LogP contribution in [0.5, 0.6) is 5.75 Å². The summed E-state index contributed by atoms with van der Waals surface area (Å²) in [5.41, 5.74) is 2.32. The number of nitriles is 1. The number of carbonyl (C=O) groups is 1. The molecule has 2 aromatic heterocycles. The second-order valence-corrected chi connectivity index (χ2v) is 6.71. The molecule has 10 heteroatoms. The molecule has 0 unspecified atom stereocenters. The number of fused-ring (bicyclic) bond motifs is 1. The maximum Gasteiger partial charge on any atom is 0.405 e. The number of alkyl halides is 3. The van der Waals surface area contributed by atoms with E-state index in [9.17, 15) is 23.2 Å². The summed E-state index contributed by atoms with van der Waals surface area (Å²) in [6.07, 6.45) is -1.38. The van der Waals surface area contributed by atoms with E-state index in [1.54, 1.807) is 46.4 Å². The first-order valence-corrected chi connectivity index (χ1v) is 8.96. The molecule has 0 spiro atoms. The standard InChI is InChI=1S/C20H18F3N5O2/c1-12(2)30-16-7-14(6-15(8-16)27-19(29)26-11-20(21,22)23)17-10-25-18-13(9-24)4-3-5-28(17)18/h3-8,10,12H,11H2,1-2H3,(H2,26,27,29). The van der Waals surface area contributed by atoms with Gasteiger partial charge < -0.3 is 15.4 Å². The predicted octanol–water partition coefficient (Wildman–Crippen LogP) is 4.34. The van der Waals surface area contributed by atoms with Crippen molar-refractivity contribution < 1.29 is 22.7 Å². The van der Waals surface area contributed by atoms with Gasteiger partial charge in [-0.15, -0.1) is 0 Å². The SMILES string of the molecule is CC(C)Oc1cc(NC(=O)NCC(F)(F)F)cc(-c2cnc3c(C#N)cccn23)c1. The third-order valence-electron chi connectivity index (χ3n) is 3.94. The zero-order valence-electron chi connectivity index (χ0n) is 16.1. The molecule has 3 rings (SSSR count). The number of urea groups is 1. The molecule has 2 N–H and O–H groups in total. The molecule has 156 valence electrons. The van der Waals surface area contributed by atoms with Crippen molar-refractivity contribution >= 4 is 17.4 Å². The zero-order chi connectivity index (χ0) is 21.9. The van der Waals surface area contributed by atoms with Gasteiger partial charge in [-0.05, 0) is 38.1 Å². The third kappa shape index (κ3) is 5.00. The minimum Gasteiger partial charge on any atom is -0.491 e. The molecule has 0 aliphatic heterocycles. The summed E-state index contributed by atoms with van der Waals surface area (Å²) >= 11 is 0. The minimum absolute atomic E-state index is 0.167. The van der Waals surface area contributed by atoms with Gasteiger partial charge in [0.25, 0.3) is 0 Å². The summed E-state index contributed by atoms with van der Waals surface area (Å²) in [6, 6.07) is 9.24. The summed E-state index contributed by atoms with van der Waals surface area (Å²) in [5, 5.41) is 13.4. The number of amides is 2. The van der Waals surface area contributed by atoms with E-state index >= 15 is 0 Å². The lowest BCUT2D eigenvalue weighted by atomic mass is 10.1. The van der Waals surface area contributed by atoms with Gasteiger partial charge in [0.05, 0.1) is 23.6 Å². The van der Waals surface area contributed by atoms with Crippen LogP contribution in [-0.2, 0) is 0 Å². The summed E-state index contributed by atoms with van der Waals surface area (Å²) in [5.74, 6) is 0.417. The Balaban J connectivity index is 1.98. The van der Waals surface area contributed by atoms with Crippen LogP contribution in [0.15, 0.2) is 42.7 Å². The Hall–Kier alpha value is -3.74. The summed E-state index contributed by atoms with van der Waals surface area (Å²) < 4.78 is 44.4. The van der Waals surface area contributed by atoms with Gasteiger partial charge in [0.15, 0.2) is 5.65 Å². The molecule has 7 nitrogen and oxygen atoms in total. The van der Waals surface area contributed by atoms with Crippen molar-refractivity contribution in [1.29, 1.82) is 5.26 Å². The lowest BCUT2D eigenvalue weighted by Crippen LogP contribution is -2.36. The molecule has 0 aliphatic rings. The second kappa shape index (κ2) is 8.32. The van der Waals surface area contributed by atoms with Crippen LogP contribution in [0.25, 0.3) is 16.9 Å². The smallest absolute Gasteiger partial charge is 0.405 e. The lowest BCUT2D eigenvalue weighted by molar-refractivity contribution is -0.122. The maximum atomic E-state index is 12.3. The van der Waals surface area contributed by atoms with Gasteiger partial charge in [-0.1, -0.05) is 0 Å². The minimum atomic E-state index is -4.51. The number of nitrogens with zero attached hydrogens (tertiary/aromatic N) is 3. The average molecular weight is 417 g/mol. The maximum absolute atomic E-state index is 12.3. The number of halogens is 3. The van der Waals surface area contributed by atoms with Crippen LogP contribution in [0.2, 0.25) is 0 Å². The topological polar surface area (TPSA) is 91.4 Å². The van der Waals surface area contributed by atoms with E-state index in [4.69, 9.17) is 4.74 Å². The van der Waals surface area contributed by atoms with Gasteiger partial charge in [-0.3, -0.25) is 4.40 Å². The van der Waals surface area contributed by atoms with Gasteiger partial charge in [0.1, 0.15) is 18.4 Å². The van der Waals surface area contributed by atoms with Crippen LogP contribution in [0, 0.1) is 11.3 Å². The van der Waals surface area contributed by atoms with Crippen molar-refractivity contribution in [3.05, 3.63) is 48.3 Å². The highest BCUT2D eigenvalue weighted by Gasteiger charge is 2.27. The monoisotopic (exact) mass is 417 g/mol. The number of rotatable bonds is 5. The van der Waals surface area contributed by atoms with Crippen molar-refractivity contribution in [3.8, 4) is 23.1 Å². The molecule has 0 atom stereocenters. The quantitative estimate of drug-likeness (QED) is 0.646. The molecule has 0 saturated heterocycles. The Morgan fingerprint density at radius 3 is 2.77 bits per heavy atom. The number of nitrogens with one attached hydrogen (secondary N) is 2. The predicted molar refractivity (Wildman–Crippen MR) is 104 cm³/mol. The van der Waals surface area contributed by atoms with Crippen molar-refractivity contribution in [2.24, 2.45) is 0 Å². The lowest BCUT2D eigenvalue weighted by Gasteiger charge is -2.15. The van der Waals surface area contributed by atoms with E-state index in [-0.39, 0.29) is 11.8 Å². The third-order valence-corrected chi connectivity index (χ3v) is 3.94. The highest BCUT2D eigenvalue weighted by atomic mass is 19.4. The number of ether oxygens (including phenoxy) is 1. The van der Waals surface area contributed by atoms with Crippen molar-refractivity contribution in [3.63, 3.8) is 0 Å². The zero-order valence-corrected chi connectivity index (χ0v) is 16.1. The number of benzene rings is 1. The van der Waals surface area contributed by atoms with Crippen LogP contribution in [-0.4, -0.2) is 34.2 Å². The Bertz CT molecular complexity index is 1120. The van der Waals surface area contributed by atoms with Crippen LogP contribution in [0.4, 0.5) is 23.7 Å². The van der Waals surface area contributed by atoms with Gasteiger partial charge >= 0.3 is 12.2 Å². The Labute approximate surface area is 170 Å². The molecule has 0 radical (unpaired) electrons. The van der Waals surface area contributed by atoms with Gasteiger partial charge in [-0.25, -0.2) is 9.78 Å². The summed E-state index contributed by atoms with van der Waals surface area (Å²) in [6.45, 7) is 2.20. The molecular formula is C20H18F3N5O2. The fourth-order valence-corrected chi connectivity index (χ4v) is 2.83. The number of hydrogen-bond donors (Lipinski definition) is 2. The van der Waals surface area contributed by atoms with Crippen LogP contribution in [0.1, 0.15) is 19.4 Å². The van der Waals surface area contributed by atoms with Gasteiger partial charge in [-0.2, -0.15) is 18.4 Å². The molecule has 30 heavy (non-hydrogen) atoms. The number of imidazole rings is 1. The van der Waals surface area contributed by atoms with Crippen molar-refractivity contribution in [2.75, 3.05) is 11.9 Å². The van der Waals surface area contributed by atoms with Crippen molar-refractivity contribution in [2.45, 2.75) is 26.1 Å². The van der Waals surface area contributed by atoms with Crippen molar-refractivity contribution in [1.82, 2.24) is 14.7 Å². The molecule has 0 fully saturated rings. The molecule has 1 aromatic carbocycles. The molecule has 0 bridgehead atoms. The van der Waals surface area contributed by atoms with E-state index < -0.39 is 18.8 Å². The molecular weight excluding hydrogens is 399 g/mol. The Morgan fingerprint density at radius 1 is 1.33 bits per heavy atom. The average Bonchev–Trinajstić information content (AvgIpc) is 3.09. The van der Waals surface area contributed by atoms with E-state index in [0.29, 0.717) is 28.2 Å². The molecule has 2 heterocycles. The second-order valence-electron chi connectivity index (χ2n) is 6.71. The Kier molecular flexibility index (Phi) is 5.82. The number of carbonyl (C=O) groups excluding carboxylic acids is 1. The molecule has 3 aromatic rings. The molecule has 0 aliphatic carbocycles. The summed E-state index contributed by atoms with van der Waals surface area (Å²) in [7, 11) is 0. The van der Waals surface area contributed by atoms with Gasteiger partial charge in [0, 0.05) is 23.5 Å². The summed E-state index contributed by atoms with van der Waals surface area (Å²) in [4.78, 5) is 16.1. The molecule has 0 saturated carbocycles. The van der Waals surface area contributed by atoms with E-state index in [1.807, 2.05) is 13.8 Å². The highest BCUT2D eigenvalue weighted by molar-refractivity contribution is 5.90. The van der Waals surface area contributed by atoms with Gasteiger partial charge in [0.2, 0.25) is 0 Å². The van der Waals surface area contributed by atoms with E-state index in [1.165, 1.54) is 6.07 Å².